The van der Waals surface area contributed by atoms with Gasteiger partial charge >= 0.3 is 5.97 Å². The number of hydrogen-bond donors (Lipinski definition) is 1. The minimum absolute atomic E-state index is 0.309. The van der Waals surface area contributed by atoms with E-state index in [1.165, 1.54) is 0 Å². The number of benzene rings is 3. The van der Waals surface area contributed by atoms with Crippen molar-refractivity contribution in [2.24, 2.45) is 0 Å². The average molecular weight is 412 g/mol. The molecule has 0 aliphatic heterocycles. The maximum absolute atomic E-state index is 12.5. The SMILES string of the molecule is CCOC(=O)[C@@H](Nc1ccc(OCc2ccc3ccccc3n2)cc1)c1ccccc1. The third kappa shape index (κ3) is 5.20. The summed E-state index contributed by atoms with van der Waals surface area (Å²) in [5, 5.41) is 4.37. The van der Waals surface area contributed by atoms with E-state index in [-0.39, 0.29) is 5.97 Å². The summed E-state index contributed by atoms with van der Waals surface area (Å²) in [4.78, 5) is 17.1. The molecule has 4 aromatic rings. The van der Waals surface area contributed by atoms with Gasteiger partial charge in [-0.1, -0.05) is 54.6 Å². The molecule has 5 heteroatoms. The molecular weight excluding hydrogens is 388 g/mol. The molecule has 3 aromatic carbocycles. The van der Waals surface area contributed by atoms with Crippen molar-refractivity contribution < 1.29 is 14.3 Å². The zero-order valence-electron chi connectivity index (χ0n) is 17.3. The van der Waals surface area contributed by atoms with Crippen molar-refractivity contribution in [1.29, 1.82) is 0 Å². The molecule has 0 radical (unpaired) electrons. The van der Waals surface area contributed by atoms with Gasteiger partial charge in [0.1, 0.15) is 12.4 Å². The first-order valence-electron chi connectivity index (χ1n) is 10.3. The molecule has 0 fully saturated rings. The standard InChI is InChI=1S/C26H24N2O3/c1-2-30-26(29)25(20-9-4-3-5-10-20)28-21-14-16-23(17-15-21)31-18-22-13-12-19-8-6-7-11-24(19)27-22/h3-17,25,28H,2,18H2,1H3/t25-/m0/s1. The Balaban J connectivity index is 1.42. The van der Waals surface area contributed by atoms with Crippen LogP contribution in [0.4, 0.5) is 5.69 Å². The van der Waals surface area contributed by atoms with E-state index in [9.17, 15) is 4.79 Å². The number of para-hydroxylation sites is 1. The zero-order chi connectivity index (χ0) is 21.5. The molecule has 5 nitrogen and oxygen atoms in total. The Morgan fingerprint density at radius 1 is 0.903 bits per heavy atom. The molecular formula is C26H24N2O3. The normalized spacial score (nSPS) is 11.6. The Labute approximate surface area is 181 Å². The molecule has 0 saturated heterocycles. The fourth-order valence-corrected chi connectivity index (χ4v) is 3.31. The Morgan fingerprint density at radius 3 is 2.42 bits per heavy atom. The van der Waals surface area contributed by atoms with Crippen LogP contribution in [0.5, 0.6) is 5.75 Å². The fourth-order valence-electron chi connectivity index (χ4n) is 3.31. The molecule has 0 amide bonds. The number of aromatic nitrogens is 1. The van der Waals surface area contributed by atoms with E-state index in [1.54, 1.807) is 6.92 Å². The number of nitrogens with one attached hydrogen (secondary N) is 1. The topological polar surface area (TPSA) is 60.5 Å². The van der Waals surface area contributed by atoms with E-state index in [0.717, 1.165) is 33.6 Å². The van der Waals surface area contributed by atoms with Crippen LogP contribution in [0.2, 0.25) is 0 Å². The second kappa shape index (κ2) is 9.76. The Kier molecular flexibility index (Phi) is 6.43. The lowest BCUT2D eigenvalue weighted by atomic mass is 10.1. The van der Waals surface area contributed by atoms with Crippen LogP contribution in [0.25, 0.3) is 10.9 Å². The van der Waals surface area contributed by atoms with Gasteiger partial charge in [-0.15, -0.1) is 0 Å². The smallest absolute Gasteiger partial charge is 0.333 e. The van der Waals surface area contributed by atoms with Crippen molar-refractivity contribution in [2.75, 3.05) is 11.9 Å². The molecule has 4 rings (SSSR count). The van der Waals surface area contributed by atoms with Crippen LogP contribution < -0.4 is 10.1 Å². The number of esters is 1. The molecule has 0 bridgehead atoms. The summed E-state index contributed by atoms with van der Waals surface area (Å²) in [5.41, 5.74) is 3.48. The number of anilines is 1. The molecule has 31 heavy (non-hydrogen) atoms. The van der Waals surface area contributed by atoms with E-state index < -0.39 is 6.04 Å². The summed E-state index contributed by atoms with van der Waals surface area (Å²) in [6, 6.07) is 28.5. The second-order valence-corrected chi connectivity index (χ2v) is 7.05. The van der Waals surface area contributed by atoms with Crippen molar-refractivity contribution in [3.8, 4) is 5.75 Å². The third-order valence-corrected chi connectivity index (χ3v) is 4.86. The summed E-state index contributed by atoms with van der Waals surface area (Å²) < 4.78 is 11.1. The van der Waals surface area contributed by atoms with Gasteiger partial charge in [0.05, 0.1) is 17.8 Å². The molecule has 0 aliphatic carbocycles. The lowest BCUT2D eigenvalue weighted by Gasteiger charge is -2.19. The first-order valence-corrected chi connectivity index (χ1v) is 10.3. The molecule has 0 aliphatic rings. The van der Waals surface area contributed by atoms with Gasteiger partial charge in [-0.3, -0.25) is 0 Å². The number of carbonyl (C=O) groups is 1. The van der Waals surface area contributed by atoms with E-state index in [2.05, 4.69) is 10.3 Å². The molecule has 1 atom stereocenters. The number of nitrogens with zero attached hydrogens (tertiary/aromatic N) is 1. The van der Waals surface area contributed by atoms with Crippen molar-refractivity contribution in [1.82, 2.24) is 4.98 Å². The number of ether oxygens (including phenoxy) is 2. The van der Waals surface area contributed by atoms with Gasteiger partial charge in [-0.05, 0) is 48.9 Å². The summed E-state index contributed by atoms with van der Waals surface area (Å²) in [7, 11) is 0. The number of hydrogen-bond acceptors (Lipinski definition) is 5. The van der Waals surface area contributed by atoms with Gasteiger partial charge in [0.2, 0.25) is 0 Å². The summed E-state index contributed by atoms with van der Waals surface area (Å²) in [6.45, 7) is 2.52. The summed E-state index contributed by atoms with van der Waals surface area (Å²) in [6.07, 6.45) is 0. The quantitative estimate of drug-likeness (QED) is 0.386. The molecule has 1 aromatic heterocycles. The summed E-state index contributed by atoms with van der Waals surface area (Å²) in [5.74, 6) is 0.421. The first kappa shape index (κ1) is 20.4. The van der Waals surface area contributed by atoms with Crippen LogP contribution >= 0.6 is 0 Å². The third-order valence-electron chi connectivity index (χ3n) is 4.86. The van der Waals surface area contributed by atoms with Crippen LogP contribution in [-0.2, 0) is 16.1 Å². The minimum atomic E-state index is -0.574. The highest BCUT2D eigenvalue weighted by Crippen LogP contribution is 2.24. The number of fused-ring (bicyclic) bond motifs is 1. The van der Waals surface area contributed by atoms with Crippen LogP contribution in [-0.4, -0.2) is 17.6 Å². The van der Waals surface area contributed by atoms with Gasteiger partial charge in [0.15, 0.2) is 6.04 Å². The van der Waals surface area contributed by atoms with E-state index >= 15 is 0 Å². The molecule has 1 heterocycles. The van der Waals surface area contributed by atoms with Crippen LogP contribution in [0.3, 0.4) is 0 Å². The lowest BCUT2D eigenvalue weighted by Crippen LogP contribution is -2.23. The monoisotopic (exact) mass is 412 g/mol. The van der Waals surface area contributed by atoms with Gasteiger partial charge in [0.25, 0.3) is 0 Å². The summed E-state index contributed by atoms with van der Waals surface area (Å²) >= 11 is 0. The molecule has 1 N–H and O–H groups in total. The van der Waals surface area contributed by atoms with Gasteiger partial charge in [-0.2, -0.15) is 0 Å². The molecule has 0 unspecified atom stereocenters. The number of pyridine rings is 1. The molecule has 156 valence electrons. The minimum Gasteiger partial charge on any atom is -0.487 e. The largest absolute Gasteiger partial charge is 0.487 e. The highest BCUT2D eigenvalue weighted by Gasteiger charge is 2.21. The van der Waals surface area contributed by atoms with Crippen LogP contribution in [0.15, 0.2) is 91.0 Å². The Hall–Kier alpha value is -3.86. The molecule has 0 spiro atoms. The van der Waals surface area contributed by atoms with Crippen molar-refractivity contribution in [3.05, 3.63) is 102 Å². The van der Waals surface area contributed by atoms with Crippen LogP contribution in [0.1, 0.15) is 24.2 Å². The predicted molar refractivity (Wildman–Crippen MR) is 122 cm³/mol. The van der Waals surface area contributed by atoms with E-state index in [0.29, 0.717) is 13.2 Å². The van der Waals surface area contributed by atoms with Crippen molar-refractivity contribution in [3.63, 3.8) is 0 Å². The highest BCUT2D eigenvalue weighted by molar-refractivity contribution is 5.81. The maximum atomic E-state index is 12.5. The lowest BCUT2D eigenvalue weighted by molar-refractivity contribution is -0.144. The highest BCUT2D eigenvalue weighted by atomic mass is 16.5. The Bertz CT molecular complexity index is 1140. The zero-order valence-corrected chi connectivity index (χ0v) is 17.3. The second-order valence-electron chi connectivity index (χ2n) is 7.05. The van der Waals surface area contributed by atoms with Crippen molar-refractivity contribution >= 4 is 22.6 Å². The van der Waals surface area contributed by atoms with E-state index in [4.69, 9.17) is 9.47 Å². The number of rotatable bonds is 8. The predicted octanol–water partition coefficient (Wildman–Crippen LogP) is 5.53. The van der Waals surface area contributed by atoms with Gasteiger partial charge in [0, 0.05) is 11.1 Å². The van der Waals surface area contributed by atoms with Crippen LogP contribution in [0, 0.1) is 0 Å². The van der Waals surface area contributed by atoms with E-state index in [1.807, 2.05) is 91.0 Å². The number of carbonyl (C=O) groups excluding carboxylic acids is 1. The Morgan fingerprint density at radius 2 is 1.65 bits per heavy atom. The average Bonchev–Trinajstić information content (AvgIpc) is 2.82. The fraction of sp³-hybridized carbons (Fsp3) is 0.154. The maximum Gasteiger partial charge on any atom is 0.333 e. The molecule has 0 saturated carbocycles. The van der Waals surface area contributed by atoms with Crippen molar-refractivity contribution in [2.45, 2.75) is 19.6 Å². The van der Waals surface area contributed by atoms with Gasteiger partial charge < -0.3 is 14.8 Å². The van der Waals surface area contributed by atoms with Gasteiger partial charge in [-0.25, -0.2) is 9.78 Å². The first-order chi connectivity index (χ1) is 15.2.